The van der Waals surface area contributed by atoms with Crippen molar-refractivity contribution in [3.05, 3.63) is 47.0 Å². The van der Waals surface area contributed by atoms with E-state index in [0.717, 1.165) is 21.6 Å². The van der Waals surface area contributed by atoms with Crippen LogP contribution in [0.4, 0.5) is 0 Å². The molecule has 1 aliphatic heterocycles. The predicted octanol–water partition coefficient (Wildman–Crippen LogP) is 2.32. The van der Waals surface area contributed by atoms with E-state index in [0.29, 0.717) is 11.4 Å². The number of aliphatic carboxylic acids is 1. The molecule has 1 unspecified atom stereocenters. The summed E-state index contributed by atoms with van der Waals surface area (Å²) in [5.74, 6) is -1.21. The zero-order chi connectivity index (χ0) is 18.3. The number of fused-ring (bicyclic) bond motifs is 1. The monoisotopic (exact) mass is 371 g/mol. The molecule has 3 aromatic rings. The maximum Gasteiger partial charge on any atom is 0.334 e. The van der Waals surface area contributed by atoms with Crippen LogP contribution in [0.5, 0.6) is 0 Å². The summed E-state index contributed by atoms with van der Waals surface area (Å²) in [5.41, 5.74) is 1.79. The normalized spacial score (nSPS) is 17.6. The molecule has 1 saturated heterocycles. The predicted molar refractivity (Wildman–Crippen MR) is 97.0 cm³/mol. The van der Waals surface area contributed by atoms with Gasteiger partial charge in [-0.3, -0.25) is 4.79 Å². The van der Waals surface area contributed by atoms with Crippen LogP contribution in [-0.2, 0) is 9.53 Å². The van der Waals surface area contributed by atoms with Crippen LogP contribution in [0.2, 0.25) is 0 Å². The van der Waals surface area contributed by atoms with Gasteiger partial charge in [-0.15, -0.1) is 11.3 Å². The fraction of sp³-hybridized carbons (Fsp3) is 0.278. The van der Waals surface area contributed by atoms with E-state index >= 15 is 0 Å². The standard InChI is InChI=1S/C18H17N3O4S/c1-11-13-9-15(16(22)20-7-8-25-14(10-20)18(23)24)26-17(13)21(19-11)12-5-3-2-4-6-12/h2-6,9,14H,7-8,10H2,1H3,(H,23,24). The molecule has 0 saturated carbocycles. The van der Waals surface area contributed by atoms with Gasteiger partial charge < -0.3 is 14.7 Å². The summed E-state index contributed by atoms with van der Waals surface area (Å²) in [6.45, 7) is 2.59. The first kappa shape index (κ1) is 16.7. The van der Waals surface area contributed by atoms with E-state index in [1.807, 2.05) is 48.0 Å². The maximum absolute atomic E-state index is 12.9. The van der Waals surface area contributed by atoms with Crippen molar-refractivity contribution in [2.45, 2.75) is 13.0 Å². The van der Waals surface area contributed by atoms with Crippen LogP contribution in [0.1, 0.15) is 15.4 Å². The maximum atomic E-state index is 12.9. The van der Waals surface area contributed by atoms with E-state index < -0.39 is 12.1 Å². The lowest BCUT2D eigenvalue weighted by Crippen LogP contribution is -2.48. The van der Waals surface area contributed by atoms with E-state index in [4.69, 9.17) is 9.84 Å². The molecule has 8 heteroatoms. The number of nitrogens with zero attached hydrogens (tertiary/aromatic N) is 3. The van der Waals surface area contributed by atoms with Crippen molar-refractivity contribution < 1.29 is 19.4 Å². The average molecular weight is 371 g/mol. The number of amides is 1. The molecular weight excluding hydrogens is 354 g/mol. The van der Waals surface area contributed by atoms with Gasteiger partial charge in [0.25, 0.3) is 5.91 Å². The van der Waals surface area contributed by atoms with Gasteiger partial charge in [-0.1, -0.05) is 18.2 Å². The first-order chi connectivity index (χ1) is 12.5. The lowest BCUT2D eigenvalue weighted by atomic mass is 10.2. The lowest BCUT2D eigenvalue weighted by molar-refractivity contribution is -0.154. The number of para-hydroxylation sites is 1. The third-order valence-corrected chi connectivity index (χ3v) is 5.48. The Kier molecular flexibility index (Phi) is 4.21. The van der Waals surface area contributed by atoms with Gasteiger partial charge in [-0.2, -0.15) is 5.10 Å². The summed E-state index contributed by atoms with van der Waals surface area (Å²) in [4.78, 5) is 27.0. The Morgan fingerprint density at radius 1 is 1.31 bits per heavy atom. The van der Waals surface area contributed by atoms with Gasteiger partial charge in [0.05, 0.1) is 29.4 Å². The number of carbonyl (C=O) groups excluding carboxylic acids is 1. The Labute approximate surface area is 153 Å². The first-order valence-electron chi connectivity index (χ1n) is 8.23. The number of aryl methyl sites for hydroxylation is 1. The molecule has 1 atom stereocenters. The number of morpholine rings is 1. The third kappa shape index (κ3) is 2.87. The summed E-state index contributed by atoms with van der Waals surface area (Å²) in [5, 5.41) is 14.6. The number of benzene rings is 1. The number of carbonyl (C=O) groups is 2. The molecule has 0 aliphatic carbocycles. The van der Waals surface area contributed by atoms with Crippen LogP contribution in [0.25, 0.3) is 15.9 Å². The Hall–Kier alpha value is -2.71. The van der Waals surface area contributed by atoms with E-state index in [1.165, 1.54) is 11.3 Å². The summed E-state index contributed by atoms with van der Waals surface area (Å²) < 4.78 is 7.03. The van der Waals surface area contributed by atoms with Crippen molar-refractivity contribution in [2.24, 2.45) is 0 Å². The van der Waals surface area contributed by atoms with Crippen molar-refractivity contribution in [3.8, 4) is 5.69 Å². The molecule has 3 heterocycles. The number of aromatic nitrogens is 2. The minimum Gasteiger partial charge on any atom is -0.479 e. The van der Waals surface area contributed by atoms with Crippen LogP contribution in [-0.4, -0.2) is 57.5 Å². The Morgan fingerprint density at radius 3 is 2.81 bits per heavy atom. The minimum absolute atomic E-state index is 0.0617. The zero-order valence-corrected chi connectivity index (χ0v) is 14.9. The smallest absolute Gasteiger partial charge is 0.334 e. The second kappa shape index (κ2) is 6.54. The largest absolute Gasteiger partial charge is 0.479 e. The van der Waals surface area contributed by atoms with E-state index in [9.17, 15) is 9.59 Å². The van der Waals surface area contributed by atoms with Crippen molar-refractivity contribution in [1.82, 2.24) is 14.7 Å². The highest BCUT2D eigenvalue weighted by molar-refractivity contribution is 7.20. The van der Waals surface area contributed by atoms with Crippen LogP contribution in [0, 0.1) is 6.92 Å². The summed E-state index contributed by atoms with van der Waals surface area (Å²) in [7, 11) is 0. The summed E-state index contributed by atoms with van der Waals surface area (Å²) in [6.07, 6.45) is -0.969. The molecule has 134 valence electrons. The molecule has 2 aromatic heterocycles. The highest BCUT2D eigenvalue weighted by atomic mass is 32.1. The summed E-state index contributed by atoms with van der Waals surface area (Å²) >= 11 is 1.37. The number of thiophene rings is 1. The molecule has 7 nitrogen and oxygen atoms in total. The molecule has 4 rings (SSSR count). The Bertz CT molecular complexity index is 979. The van der Waals surface area contributed by atoms with Crippen molar-refractivity contribution in [3.63, 3.8) is 0 Å². The molecule has 0 bridgehead atoms. The van der Waals surface area contributed by atoms with Crippen LogP contribution >= 0.6 is 11.3 Å². The number of ether oxygens (including phenoxy) is 1. The highest BCUT2D eigenvalue weighted by Crippen LogP contribution is 2.31. The molecule has 1 fully saturated rings. The fourth-order valence-corrected chi connectivity index (χ4v) is 4.19. The Morgan fingerprint density at radius 2 is 2.08 bits per heavy atom. The topological polar surface area (TPSA) is 84.7 Å². The SMILES string of the molecule is Cc1nn(-c2ccccc2)c2sc(C(=O)N3CCOC(C(=O)O)C3)cc12. The number of rotatable bonds is 3. The number of carboxylic acid groups (broad SMARTS) is 1. The lowest BCUT2D eigenvalue weighted by Gasteiger charge is -2.30. The van der Waals surface area contributed by atoms with Gasteiger partial charge in [0.15, 0.2) is 6.10 Å². The second-order valence-corrected chi connectivity index (χ2v) is 7.14. The second-order valence-electron chi connectivity index (χ2n) is 6.11. The molecular formula is C18H17N3O4S. The van der Waals surface area contributed by atoms with Gasteiger partial charge in [0.2, 0.25) is 0 Å². The van der Waals surface area contributed by atoms with Gasteiger partial charge in [-0.25, -0.2) is 9.48 Å². The van der Waals surface area contributed by atoms with Crippen LogP contribution in [0.15, 0.2) is 36.4 Å². The molecule has 1 aromatic carbocycles. The molecule has 1 N–H and O–H groups in total. The molecule has 26 heavy (non-hydrogen) atoms. The van der Waals surface area contributed by atoms with Gasteiger partial charge in [0.1, 0.15) is 4.83 Å². The van der Waals surface area contributed by atoms with E-state index in [2.05, 4.69) is 5.10 Å². The van der Waals surface area contributed by atoms with Crippen molar-refractivity contribution in [2.75, 3.05) is 19.7 Å². The molecule has 0 radical (unpaired) electrons. The van der Waals surface area contributed by atoms with E-state index in [1.54, 1.807) is 4.90 Å². The Balaban J connectivity index is 1.67. The zero-order valence-electron chi connectivity index (χ0n) is 14.1. The summed E-state index contributed by atoms with van der Waals surface area (Å²) in [6, 6.07) is 11.6. The third-order valence-electron chi connectivity index (χ3n) is 4.39. The van der Waals surface area contributed by atoms with Crippen LogP contribution < -0.4 is 0 Å². The minimum atomic E-state index is -1.05. The number of carboxylic acids is 1. The van der Waals surface area contributed by atoms with Gasteiger partial charge >= 0.3 is 5.97 Å². The number of hydrogen-bond donors (Lipinski definition) is 1. The molecule has 1 aliphatic rings. The fourth-order valence-electron chi connectivity index (χ4n) is 3.04. The van der Waals surface area contributed by atoms with Crippen molar-refractivity contribution >= 4 is 33.4 Å². The highest BCUT2D eigenvalue weighted by Gasteiger charge is 2.30. The first-order valence-corrected chi connectivity index (χ1v) is 9.04. The molecule has 0 spiro atoms. The quantitative estimate of drug-likeness (QED) is 0.764. The van der Waals surface area contributed by atoms with Crippen LogP contribution in [0.3, 0.4) is 0 Å². The van der Waals surface area contributed by atoms with Crippen molar-refractivity contribution in [1.29, 1.82) is 0 Å². The van der Waals surface area contributed by atoms with Gasteiger partial charge in [0, 0.05) is 11.9 Å². The van der Waals surface area contributed by atoms with Gasteiger partial charge in [-0.05, 0) is 25.1 Å². The molecule has 1 amide bonds. The number of hydrogen-bond acceptors (Lipinski definition) is 5. The average Bonchev–Trinajstić information content (AvgIpc) is 3.23. The van der Waals surface area contributed by atoms with E-state index in [-0.39, 0.29) is 19.1 Å².